The molecule has 1 heterocycles. The van der Waals surface area contributed by atoms with Gasteiger partial charge >= 0.3 is 5.97 Å². The van der Waals surface area contributed by atoms with Gasteiger partial charge in [-0.1, -0.05) is 0 Å². The SMILES string of the molecule is COc1ccc(Oc2ccc(N3C[C@@H](C(=O)OCC(=O)Nc4cc(OC)ccc4[N+](=O)[O-])CC3=O)cc2)cc1. The van der Waals surface area contributed by atoms with Crippen LogP contribution in [0.4, 0.5) is 17.1 Å². The standard InChI is InChI=1S/C27H25N3O9/c1-36-19-7-9-21(10-8-19)39-20-5-3-18(4-6-20)29-15-17(13-26(29)32)27(33)38-16-25(31)28-23-14-22(37-2)11-12-24(23)30(34)35/h3-12,14,17H,13,15-16H2,1-2H3,(H,28,31)/t17-/m0/s1. The molecule has 1 N–H and O–H groups in total. The van der Waals surface area contributed by atoms with Crippen LogP contribution in [-0.4, -0.2) is 50.1 Å². The average molecular weight is 536 g/mol. The molecule has 0 bridgehead atoms. The number of ether oxygens (including phenoxy) is 4. The second-order valence-corrected chi connectivity index (χ2v) is 8.47. The maximum Gasteiger partial charge on any atom is 0.311 e. The number of carbonyl (C=O) groups is 3. The van der Waals surface area contributed by atoms with Crippen molar-refractivity contribution in [2.45, 2.75) is 6.42 Å². The molecule has 0 spiro atoms. The highest BCUT2D eigenvalue weighted by Gasteiger charge is 2.36. The minimum Gasteiger partial charge on any atom is -0.497 e. The van der Waals surface area contributed by atoms with E-state index in [1.807, 2.05) is 0 Å². The number of nitro groups is 1. The Hall–Kier alpha value is -5.13. The van der Waals surface area contributed by atoms with E-state index in [0.29, 0.717) is 28.7 Å². The van der Waals surface area contributed by atoms with Crippen LogP contribution in [0.1, 0.15) is 6.42 Å². The van der Waals surface area contributed by atoms with Gasteiger partial charge in [-0.2, -0.15) is 0 Å². The monoisotopic (exact) mass is 535 g/mol. The van der Waals surface area contributed by atoms with Crippen LogP contribution in [-0.2, 0) is 19.1 Å². The summed E-state index contributed by atoms with van der Waals surface area (Å²) in [5.41, 5.74) is 0.149. The van der Waals surface area contributed by atoms with Crippen LogP contribution >= 0.6 is 0 Å². The number of anilines is 2. The Labute approximate surface area is 223 Å². The number of hydrogen-bond acceptors (Lipinski definition) is 9. The van der Waals surface area contributed by atoms with Gasteiger partial charge in [0.1, 0.15) is 28.7 Å². The molecule has 1 saturated heterocycles. The van der Waals surface area contributed by atoms with Gasteiger partial charge in [-0.25, -0.2) is 0 Å². The second-order valence-electron chi connectivity index (χ2n) is 8.47. The van der Waals surface area contributed by atoms with E-state index in [0.717, 1.165) is 0 Å². The molecule has 0 unspecified atom stereocenters. The first-order chi connectivity index (χ1) is 18.8. The summed E-state index contributed by atoms with van der Waals surface area (Å²) in [7, 11) is 2.96. The number of rotatable bonds is 10. The fourth-order valence-electron chi connectivity index (χ4n) is 3.93. The fourth-order valence-corrected chi connectivity index (χ4v) is 3.93. The third-order valence-electron chi connectivity index (χ3n) is 5.92. The highest BCUT2D eigenvalue weighted by atomic mass is 16.6. The fraction of sp³-hybridized carbons (Fsp3) is 0.222. The number of hydrogen-bond donors (Lipinski definition) is 1. The molecule has 12 heteroatoms. The van der Waals surface area contributed by atoms with E-state index in [4.69, 9.17) is 18.9 Å². The molecule has 12 nitrogen and oxygen atoms in total. The first kappa shape index (κ1) is 26.9. The van der Waals surface area contributed by atoms with E-state index >= 15 is 0 Å². The van der Waals surface area contributed by atoms with E-state index in [9.17, 15) is 24.5 Å². The van der Waals surface area contributed by atoms with Crippen molar-refractivity contribution in [2.24, 2.45) is 5.92 Å². The predicted molar refractivity (Wildman–Crippen MR) is 139 cm³/mol. The molecule has 1 fully saturated rings. The third-order valence-corrected chi connectivity index (χ3v) is 5.92. The van der Waals surface area contributed by atoms with Crippen LogP contribution in [0.5, 0.6) is 23.0 Å². The summed E-state index contributed by atoms with van der Waals surface area (Å²) in [6, 6.07) is 17.8. The molecule has 1 atom stereocenters. The van der Waals surface area contributed by atoms with Crippen LogP contribution in [0.25, 0.3) is 0 Å². The molecule has 39 heavy (non-hydrogen) atoms. The molecule has 1 aliphatic heterocycles. The van der Waals surface area contributed by atoms with Gasteiger partial charge in [0.2, 0.25) is 5.91 Å². The molecular formula is C27H25N3O9. The lowest BCUT2D eigenvalue weighted by molar-refractivity contribution is -0.383. The lowest BCUT2D eigenvalue weighted by Gasteiger charge is -2.17. The zero-order chi connectivity index (χ0) is 27.9. The van der Waals surface area contributed by atoms with Gasteiger partial charge in [-0.3, -0.25) is 24.5 Å². The lowest BCUT2D eigenvalue weighted by atomic mass is 10.1. The summed E-state index contributed by atoms with van der Waals surface area (Å²) in [6.45, 7) is -0.589. The Morgan fingerprint density at radius 2 is 1.54 bits per heavy atom. The van der Waals surface area contributed by atoms with E-state index in [-0.39, 0.29) is 30.2 Å². The molecule has 0 radical (unpaired) electrons. The predicted octanol–water partition coefficient (Wildman–Crippen LogP) is 3.94. The second kappa shape index (κ2) is 11.9. The van der Waals surface area contributed by atoms with Gasteiger partial charge < -0.3 is 29.2 Å². The molecule has 1 aliphatic rings. The lowest BCUT2D eigenvalue weighted by Crippen LogP contribution is -2.28. The molecule has 0 aliphatic carbocycles. The smallest absolute Gasteiger partial charge is 0.311 e. The average Bonchev–Trinajstić information content (AvgIpc) is 3.34. The number of nitrogens with zero attached hydrogens (tertiary/aromatic N) is 2. The number of benzene rings is 3. The van der Waals surface area contributed by atoms with Gasteiger partial charge in [0.05, 0.1) is 25.1 Å². The minimum absolute atomic E-state index is 0.0775. The van der Waals surface area contributed by atoms with Crippen molar-refractivity contribution < 1.29 is 38.3 Å². The van der Waals surface area contributed by atoms with Crippen molar-refractivity contribution in [1.29, 1.82) is 0 Å². The molecule has 3 aromatic carbocycles. The molecule has 0 saturated carbocycles. The van der Waals surface area contributed by atoms with E-state index < -0.39 is 29.3 Å². The van der Waals surface area contributed by atoms with Crippen LogP contribution in [0.15, 0.2) is 66.7 Å². The van der Waals surface area contributed by atoms with Crippen molar-refractivity contribution in [1.82, 2.24) is 0 Å². The Balaban J connectivity index is 1.31. The van der Waals surface area contributed by atoms with Gasteiger partial charge in [0, 0.05) is 30.8 Å². The highest BCUT2D eigenvalue weighted by molar-refractivity contribution is 6.00. The Kier molecular flexibility index (Phi) is 8.24. The van der Waals surface area contributed by atoms with Crippen LogP contribution in [0.3, 0.4) is 0 Å². The molecule has 2 amide bonds. The third kappa shape index (κ3) is 6.60. The number of nitro benzene ring substituents is 1. The number of nitrogens with one attached hydrogen (secondary N) is 1. The van der Waals surface area contributed by atoms with Crippen molar-refractivity contribution in [3.05, 3.63) is 76.8 Å². The molecular weight excluding hydrogens is 510 g/mol. The van der Waals surface area contributed by atoms with Gasteiger partial charge in [0.15, 0.2) is 6.61 Å². The Morgan fingerprint density at radius 1 is 0.949 bits per heavy atom. The first-order valence-electron chi connectivity index (χ1n) is 11.8. The van der Waals surface area contributed by atoms with Gasteiger partial charge in [0.25, 0.3) is 11.6 Å². The van der Waals surface area contributed by atoms with E-state index in [1.165, 1.54) is 30.2 Å². The van der Waals surface area contributed by atoms with Crippen molar-refractivity contribution in [3.63, 3.8) is 0 Å². The van der Waals surface area contributed by atoms with Gasteiger partial charge in [-0.15, -0.1) is 0 Å². The highest BCUT2D eigenvalue weighted by Crippen LogP contribution is 2.31. The van der Waals surface area contributed by atoms with E-state index in [2.05, 4.69) is 5.32 Å². The summed E-state index contributed by atoms with van der Waals surface area (Å²) >= 11 is 0. The van der Waals surface area contributed by atoms with Crippen LogP contribution in [0, 0.1) is 16.0 Å². The van der Waals surface area contributed by atoms with E-state index in [1.54, 1.807) is 55.6 Å². The quantitative estimate of drug-likeness (QED) is 0.232. The summed E-state index contributed by atoms with van der Waals surface area (Å²) < 4.78 is 21.0. The normalized spacial score (nSPS) is 14.5. The maximum atomic E-state index is 12.6. The van der Waals surface area contributed by atoms with Crippen molar-refractivity contribution >= 4 is 34.8 Å². The Bertz CT molecular complexity index is 1370. The minimum atomic E-state index is -0.772. The molecule has 4 rings (SSSR count). The maximum absolute atomic E-state index is 12.6. The molecule has 0 aromatic heterocycles. The summed E-state index contributed by atoms with van der Waals surface area (Å²) in [4.78, 5) is 49.5. The zero-order valence-electron chi connectivity index (χ0n) is 21.1. The number of methoxy groups -OCH3 is 2. The van der Waals surface area contributed by atoms with Crippen molar-refractivity contribution in [2.75, 3.05) is 37.6 Å². The first-order valence-corrected chi connectivity index (χ1v) is 11.8. The zero-order valence-corrected chi connectivity index (χ0v) is 21.1. The molecule has 3 aromatic rings. The number of esters is 1. The number of carbonyl (C=O) groups excluding carboxylic acids is 3. The van der Waals surface area contributed by atoms with Crippen LogP contribution < -0.4 is 24.4 Å². The Morgan fingerprint density at radius 3 is 2.15 bits per heavy atom. The summed E-state index contributed by atoms with van der Waals surface area (Å²) in [5.74, 6) is -0.335. The number of amides is 2. The van der Waals surface area contributed by atoms with Crippen molar-refractivity contribution in [3.8, 4) is 23.0 Å². The topological polar surface area (TPSA) is 147 Å². The van der Waals surface area contributed by atoms with Crippen LogP contribution in [0.2, 0.25) is 0 Å². The summed E-state index contributed by atoms with van der Waals surface area (Å²) in [6.07, 6.45) is -0.0775. The summed E-state index contributed by atoms with van der Waals surface area (Å²) in [5, 5.41) is 13.6. The largest absolute Gasteiger partial charge is 0.497 e. The molecule has 202 valence electrons. The van der Waals surface area contributed by atoms with Gasteiger partial charge in [-0.05, 0) is 54.6 Å².